The number of amides is 2. The molecule has 6 nitrogen and oxygen atoms in total. The van der Waals surface area contributed by atoms with Crippen LogP contribution in [0.2, 0.25) is 0 Å². The molecule has 98 valence electrons. The Kier molecular flexibility index (Phi) is 5.29. The van der Waals surface area contributed by atoms with Crippen LogP contribution in [0.5, 0.6) is 0 Å². The number of nitrogens with one attached hydrogen (secondary N) is 1. The van der Waals surface area contributed by atoms with Crippen LogP contribution in [0.25, 0.3) is 0 Å². The third-order valence-corrected chi connectivity index (χ3v) is 2.37. The van der Waals surface area contributed by atoms with Crippen molar-refractivity contribution in [3.8, 4) is 0 Å². The van der Waals surface area contributed by atoms with Crippen LogP contribution in [-0.2, 0) is 9.53 Å². The maximum Gasteiger partial charge on any atom is 0.250 e. The molecule has 0 spiro atoms. The van der Waals surface area contributed by atoms with Crippen molar-refractivity contribution < 1.29 is 14.3 Å². The van der Waals surface area contributed by atoms with Crippen LogP contribution in [-0.4, -0.2) is 31.6 Å². The number of carbonyl (C=O) groups is 2. The maximum atomic E-state index is 11.5. The molecule has 0 unspecified atom stereocenters. The van der Waals surface area contributed by atoms with Gasteiger partial charge in [0.15, 0.2) is 0 Å². The Morgan fingerprint density at radius 3 is 2.72 bits per heavy atom. The number of nitrogens with two attached hydrogens (primary N) is 2. The second-order valence-electron chi connectivity index (χ2n) is 3.73. The highest BCUT2D eigenvalue weighted by molar-refractivity contribution is 5.98. The number of benzene rings is 1. The normalized spacial score (nSPS) is 10.1. The largest absolute Gasteiger partial charge is 0.370 e. The molecular weight excluding hydrogens is 234 g/mol. The molecule has 0 saturated heterocycles. The standard InChI is InChI=1S/C12H17N3O3/c1-8-9(12(14)17)3-2-4-10(8)15-11(16)7-18-6-5-13/h2-4H,5-7,13H2,1H3,(H2,14,17)(H,15,16). The third-order valence-electron chi connectivity index (χ3n) is 2.37. The number of hydrogen-bond donors (Lipinski definition) is 3. The summed E-state index contributed by atoms with van der Waals surface area (Å²) in [6.07, 6.45) is 0. The molecule has 18 heavy (non-hydrogen) atoms. The molecule has 0 saturated carbocycles. The van der Waals surface area contributed by atoms with E-state index in [0.29, 0.717) is 30.0 Å². The van der Waals surface area contributed by atoms with Crippen molar-refractivity contribution in [2.75, 3.05) is 25.1 Å². The number of rotatable bonds is 6. The van der Waals surface area contributed by atoms with Gasteiger partial charge in [-0.1, -0.05) is 6.07 Å². The van der Waals surface area contributed by atoms with Crippen molar-refractivity contribution in [3.63, 3.8) is 0 Å². The minimum Gasteiger partial charge on any atom is -0.370 e. The first-order valence-electron chi connectivity index (χ1n) is 5.53. The van der Waals surface area contributed by atoms with Gasteiger partial charge in [-0.05, 0) is 24.6 Å². The highest BCUT2D eigenvalue weighted by atomic mass is 16.5. The molecule has 0 aliphatic rings. The lowest BCUT2D eigenvalue weighted by molar-refractivity contribution is -0.120. The van der Waals surface area contributed by atoms with E-state index in [1.807, 2.05) is 0 Å². The summed E-state index contributed by atoms with van der Waals surface area (Å²) in [7, 11) is 0. The van der Waals surface area contributed by atoms with E-state index in [2.05, 4.69) is 5.32 Å². The summed E-state index contributed by atoms with van der Waals surface area (Å²) in [5.41, 5.74) is 12.0. The summed E-state index contributed by atoms with van der Waals surface area (Å²) in [6.45, 7) is 2.34. The molecule has 0 bridgehead atoms. The highest BCUT2D eigenvalue weighted by Gasteiger charge is 2.10. The molecule has 0 radical (unpaired) electrons. The molecule has 0 fully saturated rings. The van der Waals surface area contributed by atoms with Gasteiger partial charge in [-0.2, -0.15) is 0 Å². The van der Waals surface area contributed by atoms with Crippen LogP contribution < -0.4 is 16.8 Å². The van der Waals surface area contributed by atoms with Crippen LogP contribution in [0, 0.1) is 6.92 Å². The number of carbonyl (C=O) groups excluding carboxylic acids is 2. The van der Waals surface area contributed by atoms with Gasteiger partial charge in [0.1, 0.15) is 6.61 Å². The summed E-state index contributed by atoms with van der Waals surface area (Å²) < 4.78 is 5.01. The van der Waals surface area contributed by atoms with Crippen molar-refractivity contribution >= 4 is 17.5 Å². The van der Waals surface area contributed by atoms with Gasteiger partial charge in [0.2, 0.25) is 11.8 Å². The van der Waals surface area contributed by atoms with E-state index in [9.17, 15) is 9.59 Å². The molecule has 6 heteroatoms. The maximum absolute atomic E-state index is 11.5. The molecule has 0 atom stereocenters. The predicted molar refractivity (Wildman–Crippen MR) is 68.2 cm³/mol. The van der Waals surface area contributed by atoms with Gasteiger partial charge < -0.3 is 21.5 Å². The molecule has 0 heterocycles. The number of hydrogen-bond acceptors (Lipinski definition) is 4. The molecule has 2 amide bonds. The first-order chi connectivity index (χ1) is 8.56. The lowest BCUT2D eigenvalue weighted by Crippen LogP contribution is -2.22. The third kappa shape index (κ3) is 3.83. The Balaban J connectivity index is 2.70. The van der Waals surface area contributed by atoms with Gasteiger partial charge in [0.25, 0.3) is 0 Å². The van der Waals surface area contributed by atoms with E-state index in [4.69, 9.17) is 16.2 Å². The van der Waals surface area contributed by atoms with Crippen molar-refractivity contribution in [2.45, 2.75) is 6.92 Å². The van der Waals surface area contributed by atoms with E-state index in [0.717, 1.165) is 0 Å². The average Bonchev–Trinajstić information content (AvgIpc) is 2.32. The minimum atomic E-state index is -0.525. The molecule has 0 aromatic heterocycles. The van der Waals surface area contributed by atoms with E-state index < -0.39 is 5.91 Å². The second kappa shape index (κ2) is 6.73. The zero-order valence-electron chi connectivity index (χ0n) is 10.2. The molecule has 0 aliphatic carbocycles. The first kappa shape index (κ1) is 14.1. The summed E-state index contributed by atoms with van der Waals surface area (Å²) in [4.78, 5) is 22.7. The minimum absolute atomic E-state index is 0.0720. The van der Waals surface area contributed by atoms with Crippen LogP contribution in [0.3, 0.4) is 0 Å². The summed E-state index contributed by atoms with van der Waals surface area (Å²) in [6, 6.07) is 4.96. The lowest BCUT2D eigenvalue weighted by atomic mass is 10.1. The summed E-state index contributed by atoms with van der Waals surface area (Å²) in [5, 5.41) is 2.65. The molecule has 1 aromatic rings. The SMILES string of the molecule is Cc1c(NC(=O)COCCN)cccc1C(N)=O. The Hall–Kier alpha value is -1.92. The smallest absolute Gasteiger partial charge is 0.250 e. The zero-order valence-corrected chi connectivity index (χ0v) is 10.2. The van der Waals surface area contributed by atoms with Gasteiger partial charge in [-0.25, -0.2) is 0 Å². The fourth-order valence-corrected chi connectivity index (χ4v) is 1.47. The molecular formula is C12H17N3O3. The van der Waals surface area contributed by atoms with E-state index in [-0.39, 0.29) is 12.5 Å². The lowest BCUT2D eigenvalue weighted by Gasteiger charge is -2.10. The fourth-order valence-electron chi connectivity index (χ4n) is 1.47. The number of anilines is 1. The Labute approximate surface area is 105 Å². The summed E-state index contributed by atoms with van der Waals surface area (Å²) in [5.74, 6) is -0.823. The van der Waals surface area contributed by atoms with Crippen molar-refractivity contribution in [3.05, 3.63) is 29.3 Å². The number of primary amides is 1. The van der Waals surface area contributed by atoms with Crippen LogP contribution >= 0.6 is 0 Å². The van der Waals surface area contributed by atoms with E-state index in [1.165, 1.54) is 0 Å². The monoisotopic (exact) mass is 251 g/mol. The average molecular weight is 251 g/mol. The van der Waals surface area contributed by atoms with Crippen molar-refractivity contribution in [1.82, 2.24) is 0 Å². The first-order valence-corrected chi connectivity index (χ1v) is 5.53. The van der Waals surface area contributed by atoms with Crippen molar-refractivity contribution in [2.24, 2.45) is 11.5 Å². The molecule has 5 N–H and O–H groups in total. The predicted octanol–water partition coefficient (Wildman–Crippen LogP) is 0.00772. The Bertz CT molecular complexity index is 446. The van der Waals surface area contributed by atoms with Crippen molar-refractivity contribution in [1.29, 1.82) is 0 Å². The van der Waals surface area contributed by atoms with E-state index >= 15 is 0 Å². The molecule has 0 aliphatic heterocycles. The van der Waals surface area contributed by atoms with Gasteiger partial charge >= 0.3 is 0 Å². The van der Waals surface area contributed by atoms with E-state index in [1.54, 1.807) is 25.1 Å². The van der Waals surface area contributed by atoms with Gasteiger partial charge in [0, 0.05) is 17.8 Å². The summed E-state index contributed by atoms with van der Waals surface area (Å²) >= 11 is 0. The highest BCUT2D eigenvalue weighted by Crippen LogP contribution is 2.18. The number of ether oxygens (including phenoxy) is 1. The quantitative estimate of drug-likeness (QED) is 0.619. The van der Waals surface area contributed by atoms with Crippen LogP contribution in [0.4, 0.5) is 5.69 Å². The van der Waals surface area contributed by atoms with Gasteiger partial charge in [-0.3, -0.25) is 9.59 Å². The molecule has 1 rings (SSSR count). The molecule has 1 aromatic carbocycles. The second-order valence-corrected chi connectivity index (χ2v) is 3.73. The van der Waals surface area contributed by atoms with Gasteiger partial charge in [-0.15, -0.1) is 0 Å². The van der Waals surface area contributed by atoms with Crippen LogP contribution in [0.15, 0.2) is 18.2 Å². The van der Waals surface area contributed by atoms with Crippen LogP contribution in [0.1, 0.15) is 15.9 Å². The Morgan fingerprint density at radius 2 is 2.11 bits per heavy atom. The topological polar surface area (TPSA) is 107 Å². The Morgan fingerprint density at radius 1 is 1.39 bits per heavy atom. The fraction of sp³-hybridized carbons (Fsp3) is 0.333. The zero-order chi connectivity index (χ0) is 13.5. The van der Waals surface area contributed by atoms with Gasteiger partial charge in [0.05, 0.1) is 6.61 Å².